The second-order valence-corrected chi connectivity index (χ2v) is 10.7. The van der Waals surface area contributed by atoms with Crippen molar-refractivity contribution in [2.45, 2.75) is 98.0 Å². The van der Waals surface area contributed by atoms with Crippen LogP contribution in [-0.2, 0) is 0 Å². The van der Waals surface area contributed by atoms with Crippen LogP contribution in [0.15, 0.2) is 0 Å². The topological polar surface area (TPSA) is 40.5 Å². The van der Waals surface area contributed by atoms with E-state index < -0.39 is 5.60 Å². The quantitative estimate of drug-likeness (QED) is 0.596. The molecule has 0 aromatic rings. The summed E-state index contributed by atoms with van der Waals surface area (Å²) in [5.41, 5.74) is -0.499. The second kappa shape index (κ2) is 6.80. The summed E-state index contributed by atoms with van der Waals surface area (Å²) < 4.78 is -0.329. The summed E-state index contributed by atoms with van der Waals surface area (Å²) in [5, 5.41) is 20.2. The Bertz CT molecular complexity index is 291. The molecule has 0 radical (unpaired) electrons. The van der Waals surface area contributed by atoms with Gasteiger partial charge in [0.15, 0.2) is 0 Å². The minimum atomic E-state index is -0.759. The molecule has 0 aliphatic rings. The summed E-state index contributed by atoms with van der Waals surface area (Å²) in [6, 6.07) is 0. The molecule has 0 aromatic carbocycles. The Labute approximate surface area is 138 Å². The summed E-state index contributed by atoms with van der Waals surface area (Å²) in [5.74, 6) is 0.221. The van der Waals surface area contributed by atoms with E-state index in [-0.39, 0.29) is 27.6 Å². The van der Waals surface area contributed by atoms with Crippen LogP contribution < -0.4 is 0 Å². The van der Waals surface area contributed by atoms with Gasteiger partial charge >= 0.3 is 0 Å². The minimum absolute atomic E-state index is 0.0387. The molecule has 0 aromatic heterocycles. The third-order valence-corrected chi connectivity index (χ3v) is 4.52. The van der Waals surface area contributed by atoms with Crippen LogP contribution in [0.2, 0.25) is 0 Å². The Balaban J connectivity index is 5.46. The average Bonchev–Trinajstić information content (AvgIpc) is 2.04. The van der Waals surface area contributed by atoms with Crippen LogP contribution in [0.3, 0.4) is 0 Å². The predicted molar refractivity (Wildman–Crippen MR) is 95.9 cm³/mol. The van der Waals surface area contributed by atoms with Crippen LogP contribution in [0.25, 0.3) is 0 Å². The highest BCUT2D eigenvalue weighted by atomic mass is 32.1. The van der Waals surface area contributed by atoms with Gasteiger partial charge < -0.3 is 10.2 Å². The maximum absolute atomic E-state index is 10.2. The van der Waals surface area contributed by atoms with Gasteiger partial charge in [-0.2, -0.15) is 12.6 Å². The molecule has 3 heteroatoms. The van der Waals surface area contributed by atoms with Gasteiger partial charge in [0.05, 0.1) is 11.7 Å². The first-order valence-electron chi connectivity index (χ1n) is 8.09. The lowest BCUT2D eigenvalue weighted by molar-refractivity contribution is 0.0113. The van der Waals surface area contributed by atoms with Gasteiger partial charge in [-0.3, -0.25) is 0 Å². The number of hydrogen-bond acceptors (Lipinski definition) is 3. The van der Waals surface area contributed by atoms with Crippen LogP contribution in [0.4, 0.5) is 0 Å². The lowest BCUT2D eigenvalue weighted by Gasteiger charge is -2.48. The van der Waals surface area contributed by atoms with Crippen LogP contribution in [-0.4, -0.2) is 26.7 Å². The van der Waals surface area contributed by atoms with Gasteiger partial charge in [0.2, 0.25) is 0 Å². The third kappa shape index (κ3) is 8.47. The van der Waals surface area contributed by atoms with Crippen molar-refractivity contribution < 1.29 is 10.2 Å². The Morgan fingerprint density at radius 1 is 0.905 bits per heavy atom. The first kappa shape index (κ1) is 21.3. The molecule has 0 aliphatic heterocycles. The van der Waals surface area contributed by atoms with Gasteiger partial charge in [0.1, 0.15) is 0 Å². The van der Waals surface area contributed by atoms with Gasteiger partial charge in [-0.25, -0.2) is 0 Å². The number of rotatable bonds is 7. The zero-order valence-electron chi connectivity index (χ0n) is 15.6. The molecule has 0 saturated heterocycles. The van der Waals surface area contributed by atoms with Crippen molar-refractivity contribution in [3.8, 4) is 0 Å². The van der Waals surface area contributed by atoms with E-state index >= 15 is 0 Å². The van der Waals surface area contributed by atoms with Gasteiger partial charge in [-0.15, -0.1) is 0 Å². The highest BCUT2D eigenvalue weighted by Gasteiger charge is 2.45. The van der Waals surface area contributed by atoms with Crippen molar-refractivity contribution in [2.75, 3.05) is 0 Å². The monoisotopic (exact) mass is 318 g/mol. The maximum atomic E-state index is 10.2. The fourth-order valence-corrected chi connectivity index (χ4v) is 5.09. The third-order valence-electron chi connectivity index (χ3n) is 4.05. The number of hydrogen-bond donors (Lipinski definition) is 3. The van der Waals surface area contributed by atoms with E-state index in [1.54, 1.807) is 0 Å². The second-order valence-electron chi connectivity index (χ2n) is 9.71. The van der Waals surface area contributed by atoms with E-state index in [4.69, 9.17) is 12.6 Å². The first-order chi connectivity index (χ1) is 8.96. The molecule has 2 nitrogen and oxygen atoms in total. The number of aliphatic hydroxyl groups excluding tert-OH is 1. The molecule has 0 spiro atoms. The van der Waals surface area contributed by atoms with E-state index in [1.807, 2.05) is 20.8 Å². The Hall–Kier alpha value is 0.270. The number of thiol groups is 1. The molecule has 3 unspecified atom stereocenters. The molecule has 128 valence electrons. The van der Waals surface area contributed by atoms with E-state index in [1.165, 1.54) is 0 Å². The van der Waals surface area contributed by atoms with Crippen molar-refractivity contribution >= 4 is 12.6 Å². The molecule has 0 fully saturated rings. The molecular formula is C18H38O2S. The van der Waals surface area contributed by atoms with Crippen molar-refractivity contribution in [2.24, 2.45) is 16.7 Å². The largest absolute Gasteiger partial charge is 0.393 e. The van der Waals surface area contributed by atoms with E-state index in [0.717, 1.165) is 6.42 Å². The van der Waals surface area contributed by atoms with Gasteiger partial charge in [-0.1, -0.05) is 41.5 Å². The van der Waals surface area contributed by atoms with Crippen molar-refractivity contribution in [1.82, 2.24) is 0 Å². The van der Waals surface area contributed by atoms with Crippen LogP contribution >= 0.6 is 12.6 Å². The van der Waals surface area contributed by atoms with Crippen molar-refractivity contribution in [3.63, 3.8) is 0 Å². The SMILES string of the molecule is CC(O)CC(C(C)(C)CC(C)(C)C)C(C)(S)CC(C)(C)O. The summed E-state index contributed by atoms with van der Waals surface area (Å²) in [6.45, 7) is 18.9. The average molecular weight is 319 g/mol. The summed E-state index contributed by atoms with van der Waals surface area (Å²) in [6.07, 6.45) is 2.01. The fourth-order valence-electron chi connectivity index (χ4n) is 4.24. The minimum Gasteiger partial charge on any atom is -0.393 e. The normalized spacial score (nSPS) is 20.0. The zero-order chi connectivity index (χ0) is 17.3. The fraction of sp³-hybridized carbons (Fsp3) is 1.00. The summed E-state index contributed by atoms with van der Waals surface area (Å²) >= 11 is 4.92. The van der Waals surface area contributed by atoms with Gasteiger partial charge in [-0.05, 0) is 56.8 Å². The molecular weight excluding hydrogens is 280 g/mol. The van der Waals surface area contributed by atoms with E-state index in [2.05, 4.69) is 41.5 Å². The zero-order valence-corrected chi connectivity index (χ0v) is 16.5. The molecule has 0 bridgehead atoms. The Morgan fingerprint density at radius 3 is 1.62 bits per heavy atom. The highest BCUT2D eigenvalue weighted by molar-refractivity contribution is 7.81. The predicted octanol–water partition coefficient (Wildman–Crippen LogP) is 4.69. The van der Waals surface area contributed by atoms with E-state index in [0.29, 0.717) is 12.8 Å². The van der Waals surface area contributed by atoms with Crippen LogP contribution in [0.5, 0.6) is 0 Å². The maximum Gasteiger partial charge on any atom is 0.0604 e. The molecule has 2 N–H and O–H groups in total. The van der Waals surface area contributed by atoms with Crippen LogP contribution in [0, 0.1) is 16.7 Å². The van der Waals surface area contributed by atoms with Crippen LogP contribution in [0.1, 0.15) is 81.6 Å². The standard InChI is InChI=1S/C18H38O2S/c1-13(19)10-14(16(5,6)11-15(2,3)4)18(9,21)12-17(7,8)20/h13-14,19-21H,10-12H2,1-9H3. The summed E-state index contributed by atoms with van der Waals surface area (Å²) in [7, 11) is 0. The smallest absolute Gasteiger partial charge is 0.0604 e. The molecule has 0 rings (SSSR count). The first-order valence-corrected chi connectivity index (χ1v) is 8.54. The lowest BCUT2D eigenvalue weighted by atomic mass is 9.62. The highest BCUT2D eigenvalue weighted by Crippen LogP contribution is 2.50. The Kier molecular flexibility index (Phi) is 6.89. The molecule has 0 aliphatic carbocycles. The molecule has 0 saturated carbocycles. The number of aliphatic hydroxyl groups is 2. The van der Waals surface area contributed by atoms with E-state index in [9.17, 15) is 10.2 Å². The molecule has 0 heterocycles. The molecule has 0 amide bonds. The van der Waals surface area contributed by atoms with Crippen molar-refractivity contribution in [3.05, 3.63) is 0 Å². The molecule has 21 heavy (non-hydrogen) atoms. The lowest BCUT2D eigenvalue weighted by Crippen LogP contribution is -2.46. The Morgan fingerprint density at radius 2 is 1.33 bits per heavy atom. The van der Waals surface area contributed by atoms with Gasteiger partial charge in [0.25, 0.3) is 0 Å². The van der Waals surface area contributed by atoms with Crippen molar-refractivity contribution in [1.29, 1.82) is 0 Å². The molecule has 3 atom stereocenters. The van der Waals surface area contributed by atoms with Gasteiger partial charge in [0, 0.05) is 4.75 Å². The summed E-state index contributed by atoms with van der Waals surface area (Å²) in [4.78, 5) is 0.